The first kappa shape index (κ1) is 15.2. The minimum absolute atomic E-state index is 0.0407. The summed E-state index contributed by atoms with van der Waals surface area (Å²) in [6.45, 7) is 4.91. The van der Waals surface area contributed by atoms with Crippen LogP contribution in [0, 0.1) is 5.92 Å². The molecular formula is C18H20N4O. The fourth-order valence-electron chi connectivity index (χ4n) is 2.80. The van der Waals surface area contributed by atoms with Gasteiger partial charge in [0.25, 0.3) is 5.91 Å². The topological polar surface area (TPSA) is 72.1 Å². The molecule has 2 heterocycles. The standard InChI is InChI=1S/C18H20N4O/c1-12(2)16-7-4-8-22(16)18(23)14-6-3-5-13(9-14)15-10-21-17(19)11-20-15/h3-7,9-12,16H,8H2,1-2H3,(H2,19,21)/t16-/m1/s1. The van der Waals surface area contributed by atoms with Crippen molar-refractivity contribution in [1.82, 2.24) is 14.9 Å². The van der Waals surface area contributed by atoms with Gasteiger partial charge in [-0.1, -0.05) is 38.1 Å². The molecule has 0 saturated carbocycles. The van der Waals surface area contributed by atoms with Gasteiger partial charge in [0.05, 0.1) is 24.1 Å². The number of rotatable bonds is 3. The van der Waals surface area contributed by atoms with Crippen LogP contribution in [-0.4, -0.2) is 33.4 Å². The largest absolute Gasteiger partial charge is 0.382 e. The smallest absolute Gasteiger partial charge is 0.254 e. The molecular weight excluding hydrogens is 288 g/mol. The van der Waals surface area contributed by atoms with Gasteiger partial charge in [0, 0.05) is 17.7 Å². The Balaban J connectivity index is 1.88. The van der Waals surface area contributed by atoms with Gasteiger partial charge in [-0.05, 0) is 18.1 Å². The molecule has 1 aliphatic heterocycles. The zero-order chi connectivity index (χ0) is 16.4. The van der Waals surface area contributed by atoms with Crippen LogP contribution in [0.15, 0.2) is 48.8 Å². The van der Waals surface area contributed by atoms with Crippen molar-refractivity contribution < 1.29 is 4.79 Å². The summed E-state index contributed by atoms with van der Waals surface area (Å²) >= 11 is 0. The van der Waals surface area contributed by atoms with E-state index in [0.29, 0.717) is 29.5 Å². The number of nitrogen functional groups attached to an aromatic ring is 1. The van der Waals surface area contributed by atoms with E-state index in [4.69, 9.17) is 5.73 Å². The van der Waals surface area contributed by atoms with Crippen molar-refractivity contribution in [3.05, 3.63) is 54.4 Å². The lowest BCUT2D eigenvalue weighted by atomic mass is 10.0. The minimum Gasteiger partial charge on any atom is -0.382 e. The molecule has 23 heavy (non-hydrogen) atoms. The quantitative estimate of drug-likeness (QED) is 0.885. The molecule has 1 atom stereocenters. The molecule has 0 spiro atoms. The molecule has 0 unspecified atom stereocenters. The van der Waals surface area contributed by atoms with Crippen LogP contribution >= 0.6 is 0 Å². The van der Waals surface area contributed by atoms with Gasteiger partial charge in [-0.15, -0.1) is 0 Å². The van der Waals surface area contributed by atoms with Crippen LogP contribution in [0.3, 0.4) is 0 Å². The Kier molecular flexibility index (Phi) is 4.10. The van der Waals surface area contributed by atoms with E-state index >= 15 is 0 Å². The average molecular weight is 308 g/mol. The van der Waals surface area contributed by atoms with E-state index in [-0.39, 0.29) is 11.9 Å². The molecule has 118 valence electrons. The summed E-state index contributed by atoms with van der Waals surface area (Å²) in [6, 6.07) is 7.64. The number of carbonyl (C=O) groups excluding carboxylic acids is 1. The Morgan fingerprint density at radius 3 is 2.83 bits per heavy atom. The zero-order valence-corrected chi connectivity index (χ0v) is 13.3. The van der Waals surface area contributed by atoms with Gasteiger partial charge in [-0.3, -0.25) is 9.78 Å². The predicted octanol–water partition coefficient (Wildman–Crippen LogP) is 2.76. The van der Waals surface area contributed by atoms with E-state index in [1.54, 1.807) is 6.20 Å². The number of hydrogen-bond acceptors (Lipinski definition) is 4. The van der Waals surface area contributed by atoms with Crippen LogP contribution in [0.4, 0.5) is 5.82 Å². The van der Waals surface area contributed by atoms with Gasteiger partial charge in [0.15, 0.2) is 0 Å². The van der Waals surface area contributed by atoms with Crippen LogP contribution in [-0.2, 0) is 0 Å². The average Bonchev–Trinajstić information content (AvgIpc) is 3.05. The molecule has 0 saturated heterocycles. The maximum atomic E-state index is 12.8. The number of nitrogens with two attached hydrogens (primary N) is 1. The molecule has 1 aromatic heterocycles. The Bertz CT molecular complexity index is 737. The molecule has 1 amide bonds. The van der Waals surface area contributed by atoms with Gasteiger partial charge >= 0.3 is 0 Å². The van der Waals surface area contributed by atoms with Crippen LogP contribution in [0.2, 0.25) is 0 Å². The first-order valence-electron chi connectivity index (χ1n) is 7.72. The lowest BCUT2D eigenvalue weighted by molar-refractivity contribution is 0.0720. The van der Waals surface area contributed by atoms with E-state index in [0.717, 1.165) is 5.56 Å². The third kappa shape index (κ3) is 3.08. The van der Waals surface area contributed by atoms with Gasteiger partial charge in [-0.2, -0.15) is 0 Å². The summed E-state index contributed by atoms with van der Waals surface area (Å²) in [6.07, 6.45) is 7.30. The van der Waals surface area contributed by atoms with Gasteiger partial charge in [0.1, 0.15) is 5.82 Å². The third-order valence-corrected chi connectivity index (χ3v) is 4.02. The van der Waals surface area contributed by atoms with E-state index in [2.05, 4.69) is 36.0 Å². The van der Waals surface area contributed by atoms with E-state index < -0.39 is 0 Å². The second kappa shape index (κ2) is 6.20. The van der Waals surface area contributed by atoms with Crippen LogP contribution in [0.1, 0.15) is 24.2 Å². The molecule has 0 aliphatic carbocycles. The van der Waals surface area contributed by atoms with Crippen molar-refractivity contribution in [2.45, 2.75) is 19.9 Å². The number of aromatic nitrogens is 2. The molecule has 5 nitrogen and oxygen atoms in total. The summed E-state index contributed by atoms with van der Waals surface area (Å²) in [5.74, 6) is 0.812. The summed E-state index contributed by atoms with van der Waals surface area (Å²) in [7, 11) is 0. The minimum atomic E-state index is 0.0407. The van der Waals surface area contributed by atoms with Crippen molar-refractivity contribution in [3.63, 3.8) is 0 Å². The van der Waals surface area contributed by atoms with Crippen LogP contribution in [0.5, 0.6) is 0 Å². The van der Waals surface area contributed by atoms with Crippen LogP contribution in [0.25, 0.3) is 11.3 Å². The van der Waals surface area contributed by atoms with Crippen molar-refractivity contribution in [2.75, 3.05) is 12.3 Å². The maximum Gasteiger partial charge on any atom is 0.254 e. The summed E-state index contributed by atoms with van der Waals surface area (Å²) in [5, 5.41) is 0. The van der Waals surface area contributed by atoms with E-state index in [9.17, 15) is 4.79 Å². The molecule has 5 heteroatoms. The Hall–Kier alpha value is -2.69. The van der Waals surface area contributed by atoms with Crippen molar-refractivity contribution in [1.29, 1.82) is 0 Å². The molecule has 2 aromatic rings. The number of anilines is 1. The Morgan fingerprint density at radius 1 is 1.30 bits per heavy atom. The predicted molar refractivity (Wildman–Crippen MR) is 90.7 cm³/mol. The monoisotopic (exact) mass is 308 g/mol. The highest BCUT2D eigenvalue weighted by molar-refractivity contribution is 5.96. The van der Waals surface area contributed by atoms with Crippen molar-refractivity contribution in [2.24, 2.45) is 5.92 Å². The molecule has 0 radical (unpaired) electrons. The maximum absolute atomic E-state index is 12.8. The summed E-state index contributed by atoms with van der Waals surface area (Å²) in [4.78, 5) is 23.0. The lowest BCUT2D eigenvalue weighted by Crippen LogP contribution is -2.39. The van der Waals surface area contributed by atoms with Crippen molar-refractivity contribution >= 4 is 11.7 Å². The second-order valence-corrected chi connectivity index (χ2v) is 6.03. The number of carbonyl (C=O) groups is 1. The van der Waals surface area contributed by atoms with Gasteiger partial charge in [0.2, 0.25) is 0 Å². The third-order valence-electron chi connectivity index (χ3n) is 4.02. The van der Waals surface area contributed by atoms with E-state index in [1.807, 2.05) is 29.2 Å². The van der Waals surface area contributed by atoms with E-state index in [1.165, 1.54) is 6.20 Å². The summed E-state index contributed by atoms with van der Waals surface area (Å²) in [5.41, 5.74) is 7.79. The number of nitrogens with zero attached hydrogens (tertiary/aromatic N) is 3. The highest BCUT2D eigenvalue weighted by Crippen LogP contribution is 2.23. The highest BCUT2D eigenvalue weighted by atomic mass is 16.2. The summed E-state index contributed by atoms with van der Waals surface area (Å²) < 4.78 is 0. The number of hydrogen-bond donors (Lipinski definition) is 1. The second-order valence-electron chi connectivity index (χ2n) is 6.03. The molecule has 3 rings (SSSR count). The molecule has 1 aromatic carbocycles. The normalized spacial score (nSPS) is 17.0. The Morgan fingerprint density at radius 2 is 2.13 bits per heavy atom. The van der Waals surface area contributed by atoms with Gasteiger partial charge in [-0.25, -0.2) is 4.98 Å². The molecule has 0 bridgehead atoms. The van der Waals surface area contributed by atoms with Crippen molar-refractivity contribution in [3.8, 4) is 11.3 Å². The lowest BCUT2D eigenvalue weighted by Gasteiger charge is -2.27. The SMILES string of the molecule is CC(C)[C@H]1C=CCN1C(=O)c1cccc(-c2cnc(N)cn2)c1. The van der Waals surface area contributed by atoms with Crippen LogP contribution < -0.4 is 5.73 Å². The fraction of sp³-hybridized carbons (Fsp3) is 0.278. The Labute approximate surface area is 135 Å². The zero-order valence-electron chi connectivity index (χ0n) is 13.3. The first-order valence-corrected chi connectivity index (χ1v) is 7.72. The molecule has 2 N–H and O–H groups in total. The fourth-order valence-corrected chi connectivity index (χ4v) is 2.80. The number of amides is 1. The highest BCUT2D eigenvalue weighted by Gasteiger charge is 2.27. The van der Waals surface area contributed by atoms with Gasteiger partial charge < -0.3 is 10.6 Å². The molecule has 1 aliphatic rings. The first-order chi connectivity index (χ1) is 11.1. The number of benzene rings is 1. The molecule has 0 fully saturated rings.